The van der Waals surface area contributed by atoms with Crippen molar-refractivity contribution in [3.63, 3.8) is 0 Å². The van der Waals surface area contributed by atoms with E-state index >= 15 is 0 Å². The number of nitrogens with one attached hydrogen (secondary N) is 1. The summed E-state index contributed by atoms with van der Waals surface area (Å²) >= 11 is 5.87. The van der Waals surface area contributed by atoms with E-state index in [0.717, 1.165) is 23.5 Å². The maximum absolute atomic E-state index is 5.87. The summed E-state index contributed by atoms with van der Waals surface area (Å²) in [7, 11) is 0. The van der Waals surface area contributed by atoms with Crippen LogP contribution in [0.2, 0.25) is 0 Å². The monoisotopic (exact) mass is 439 g/mol. The lowest BCUT2D eigenvalue weighted by Crippen LogP contribution is -2.30. The van der Waals surface area contributed by atoms with Gasteiger partial charge in [0.05, 0.1) is 11.7 Å². The minimum absolute atomic E-state index is 0.0359. The highest BCUT2D eigenvalue weighted by Crippen LogP contribution is 2.42. The molecule has 32 heavy (non-hydrogen) atoms. The number of thiocarbonyl (C=S) groups is 1. The van der Waals surface area contributed by atoms with Crippen molar-refractivity contribution in [3.05, 3.63) is 114 Å². The third-order valence-electron chi connectivity index (χ3n) is 6.11. The van der Waals surface area contributed by atoms with Crippen LogP contribution in [0, 0.1) is 13.8 Å². The maximum Gasteiger partial charge on any atom is 0.174 e. The molecule has 2 unspecified atom stereocenters. The molecule has 1 saturated heterocycles. The van der Waals surface area contributed by atoms with Crippen molar-refractivity contribution in [1.82, 2.24) is 19.9 Å². The summed E-state index contributed by atoms with van der Waals surface area (Å²) in [5.41, 5.74) is 6.91. The number of pyridine rings is 2. The molecule has 1 aliphatic heterocycles. The average molecular weight is 440 g/mol. The Morgan fingerprint density at radius 1 is 0.969 bits per heavy atom. The summed E-state index contributed by atoms with van der Waals surface area (Å²) in [6, 6.07) is 20.8. The van der Waals surface area contributed by atoms with Gasteiger partial charge in [0.2, 0.25) is 0 Å². The lowest BCUT2D eigenvalue weighted by Gasteiger charge is -2.29. The zero-order chi connectivity index (χ0) is 22.1. The van der Waals surface area contributed by atoms with Crippen molar-refractivity contribution in [2.24, 2.45) is 0 Å². The molecule has 160 valence electrons. The summed E-state index contributed by atoms with van der Waals surface area (Å²) in [4.78, 5) is 11.2. The van der Waals surface area contributed by atoms with E-state index in [9.17, 15) is 0 Å². The molecule has 0 bridgehead atoms. The molecular formula is C26H25N5S. The van der Waals surface area contributed by atoms with Gasteiger partial charge < -0.3 is 14.8 Å². The van der Waals surface area contributed by atoms with E-state index in [4.69, 9.17) is 12.2 Å². The number of aromatic nitrogens is 3. The smallest absolute Gasteiger partial charge is 0.174 e. The van der Waals surface area contributed by atoms with Gasteiger partial charge in [-0.25, -0.2) is 0 Å². The van der Waals surface area contributed by atoms with Crippen LogP contribution in [0.15, 0.2) is 85.5 Å². The van der Waals surface area contributed by atoms with Gasteiger partial charge in [0.15, 0.2) is 5.11 Å². The molecule has 0 amide bonds. The van der Waals surface area contributed by atoms with Crippen LogP contribution < -0.4 is 10.2 Å². The van der Waals surface area contributed by atoms with Crippen molar-refractivity contribution in [3.8, 4) is 0 Å². The number of hydrogen-bond donors (Lipinski definition) is 1. The van der Waals surface area contributed by atoms with Gasteiger partial charge in [-0.05, 0) is 85.2 Å². The molecule has 4 heterocycles. The number of anilines is 1. The Kier molecular flexibility index (Phi) is 5.45. The SMILES string of the molecule is Cc1ccc(N2C(=S)NC(c3ccccn3)C2c2cccn2Cc2cccnc2)cc1C. The lowest BCUT2D eigenvalue weighted by molar-refractivity contribution is 0.533. The van der Waals surface area contributed by atoms with Gasteiger partial charge in [-0.2, -0.15) is 0 Å². The highest BCUT2D eigenvalue weighted by Gasteiger charge is 2.42. The topological polar surface area (TPSA) is 46.0 Å². The number of benzene rings is 1. The van der Waals surface area contributed by atoms with Crippen LogP contribution in [-0.2, 0) is 6.54 Å². The summed E-state index contributed by atoms with van der Waals surface area (Å²) in [6.45, 7) is 5.02. The van der Waals surface area contributed by atoms with E-state index in [1.807, 2.05) is 30.6 Å². The molecule has 5 rings (SSSR count). The Morgan fingerprint density at radius 2 is 1.88 bits per heavy atom. The fraction of sp³-hybridized carbons (Fsp3) is 0.192. The molecule has 0 radical (unpaired) electrons. The lowest BCUT2D eigenvalue weighted by atomic mass is 10.00. The van der Waals surface area contributed by atoms with Crippen molar-refractivity contribution in [1.29, 1.82) is 0 Å². The average Bonchev–Trinajstić information content (AvgIpc) is 3.40. The van der Waals surface area contributed by atoms with Crippen molar-refractivity contribution in [2.45, 2.75) is 32.5 Å². The zero-order valence-electron chi connectivity index (χ0n) is 18.1. The Hall–Kier alpha value is -3.51. The van der Waals surface area contributed by atoms with Crippen LogP contribution in [0.1, 0.15) is 40.2 Å². The molecule has 1 aromatic carbocycles. The molecule has 1 aliphatic rings. The summed E-state index contributed by atoms with van der Waals surface area (Å²) in [5, 5.41) is 4.26. The quantitative estimate of drug-likeness (QED) is 0.437. The number of aryl methyl sites for hydroxylation is 2. The van der Waals surface area contributed by atoms with Gasteiger partial charge in [-0.15, -0.1) is 0 Å². The van der Waals surface area contributed by atoms with Gasteiger partial charge in [-0.3, -0.25) is 9.97 Å². The molecule has 2 atom stereocenters. The van der Waals surface area contributed by atoms with Gasteiger partial charge in [0, 0.05) is 42.7 Å². The first-order valence-corrected chi connectivity index (χ1v) is 11.1. The van der Waals surface area contributed by atoms with Crippen molar-refractivity contribution in [2.75, 3.05) is 4.90 Å². The van der Waals surface area contributed by atoms with E-state index in [0.29, 0.717) is 5.11 Å². The predicted molar refractivity (Wildman–Crippen MR) is 132 cm³/mol. The van der Waals surface area contributed by atoms with Crippen LogP contribution in [0.25, 0.3) is 0 Å². The van der Waals surface area contributed by atoms with Gasteiger partial charge in [0.25, 0.3) is 0 Å². The second kappa shape index (κ2) is 8.55. The largest absolute Gasteiger partial charge is 0.351 e. The molecule has 5 nitrogen and oxygen atoms in total. The van der Waals surface area contributed by atoms with Gasteiger partial charge >= 0.3 is 0 Å². The fourth-order valence-corrected chi connectivity index (χ4v) is 4.68. The van der Waals surface area contributed by atoms with E-state index in [2.05, 4.69) is 87.3 Å². The van der Waals surface area contributed by atoms with Crippen LogP contribution in [0.4, 0.5) is 5.69 Å². The molecule has 6 heteroatoms. The van der Waals surface area contributed by atoms with E-state index in [1.54, 1.807) is 6.20 Å². The summed E-state index contributed by atoms with van der Waals surface area (Å²) < 4.78 is 2.28. The maximum atomic E-state index is 5.87. The Bertz CT molecular complexity index is 1240. The highest BCUT2D eigenvalue weighted by molar-refractivity contribution is 7.80. The van der Waals surface area contributed by atoms with Crippen LogP contribution in [-0.4, -0.2) is 19.6 Å². The molecule has 4 aromatic rings. The molecular weight excluding hydrogens is 414 g/mol. The molecule has 1 fully saturated rings. The molecule has 1 N–H and O–H groups in total. The zero-order valence-corrected chi connectivity index (χ0v) is 19.0. The number of hydrogen-bond acceptors (Lipinski definition) is 3. The first-order valence-electron chi connectivity index (χ1n) is 10.7. The second-order valence-corrected chi connectivity index (χ2v) is 8.57. The summed E-state index contributed by atoms with van der Waals surface area (Å²) in [6.07, 6.45) is 7.68. The van der Waals surface area contributed by atoms with E-state index in [-0.39, 0.29) is 12.1 Å². The van der Waals surface area contributed by atoms with Crippen LogP contribution in [0.5, 0.6) is 0 Å². The molecule has 3 aromatic heterocycles. The highest BCUT2D eigenvalue weighted by atomic mass is 32.1. The Morgan fingerprint density at radius 3 is 2.62 bits per heavy atom. The predicted octanol–water partition coefficient (Wildman–Crippen LogP) is 5.12. The van der Waals surface area contributed by atoms with Crippen LogP contribution in [0.3, 0.4) is 0 Å². The third kappa shape index (κ3) is 3.78. The number of nitrogens with zero attached hydrogens (tertiary/aromatic N) is 4. The molecule has 0 spiro atoms. The van der Waals surface area contributed by atoms with Crippen molar-refractivity contribution < 1.29 is 0 Å². The minimum atomic E-state index is -0.0622. The second-order valence-electron chi connectivity index (χ2n) is 8.19. The van der Waals surface area contributed by atoms with Gasteiger partial charge in [0.1, 0.15) is 6.04 Å². The van der Waals surface area contributed by atoms with Crippen molar-refractivity contribution >= 4 is 23.0 Å². The summed E-state index contributed by atoms with van der Waals surface area (Å²) in [5.74, 6) is 0. The Labute approximate surface area is 193 Å². The molecule has 0 saturated carbocycles. The van der Waals surface area contributed by atoms with E-state index < -0.39 is 0 Å². The normalized spacial score (nSPS) is 18.1. The Balaban J connectivity index is 1.61. The first-order chi connectivity index (χ1) is 15.6. The van der Waals surface area contributed by atoms with Gasteiger partial charge in [-0.1, -0.05) is 18.2 Å². The van der Waals surface area contributed by atoms with E-state index in [1.165, 1.54) is 16.8 Å². The van der Waals surface area contributed by atoms with Crippen LogP contribution >= 0.6 is 12.2 Å². The first kappa shape index (κ1) is 20.4. The minimum Gasteiger partial charge on any atom is -0.351 e. The third-order valence-corrected chi connectivity index (χ3v) is 6.42. The number of rotatable bonds is 5. The standard InChI is InChI=1S/C26H25N5S/c1-18-10-11-21(15-19(18)2)31-25(24(29-26(31)32)22-8-3-4-13-28-22)23-9-6-14-30(23)17-20-7-5-12-27-16-20/h3-16,24-25H,17H2,1-2H3,(H,29,32). The molecule has 0 aliphatic carbocycles. The fourth-order valence-electron chi connectivity index (χ4n) is 4.34.